The summed E-state index contributed by atoms with van der Waals surface area (Å²) in [6.45, 7) is 4.05. The van der Waals surface area contributed by atoms with Crippen LogP contribution in [0.15, 0.2) is 29.4 Å². The van der Waals surface area contributed by atoms with Crippen molar-refractivity contribution in [3.8, 4) is 0 Å². The van der Waals surface area contributed by atoms with E-state index in [4.69, 9.17) is 0 Å². The molecule has 2 N–H and O–H groups in total. The molecule has 5 heteroatoms. The molecule has 0 spiro atoms. The topological polar surface area (TPSA) is 62.2 Å². The van der Waals surface area contributed by atoms with Crippen LogP contribution in [0.5, 0.6) is 0 Å². The normalized spacial score (nSPS) is 13.9. The largest absolute Gasteiger partial charge is 0.388 e. The van der Waals surface area contributed by atoms with Crippen molar-refractivity contribution in [2.75, 3.05) is 12.3 Å². The van der Waals surface area contributed by atoms with Crippen LogP contribution in [0.25, 0.3) is 0 Å². The molecule has 1 atom stereocenters. The SMILES string of the molecule is CCCC(C)(O)CNC(=O)CSc1ccncc1. The van der Waals surface area contributed by atoms with E-state index in [-0.39, 0.29) is 5.91 Å². The highest BCUT2D eigenvalue weighted by Crippen LogP contribution is 2.16. The predicted molar refractivity (Wildman–Crippen MR) is 73.5 cm³/mol. The van der Waals surface area contributed by atoms with Crippen molar-refractivity contribution in [3.05, 3.63) is 24.5 Å². The van der Waals surface area contributed by atoms with Gasteiger partial charge in [0, 0.05) is 23.8 Å². The minimum absolute atomic E-state index is 0.0619. The first kappa shape index (κ1) is 15.0. The minimum atomic E-state index is -0.814. The highest BCUT2D eigenvalue weighted by molar-refractivity contribution is 8.00. The molecule has 1 aromatic rings. The first-order valence-corrected chi connectivity index (χ1v) is 7.04. The van der Waals surface area contributed by atoms with Crippen LogP contribution in [0.2, 0.25) is 0 Å². The lowest BCUT2D eigenvalue weighted by molar-refractivity contribution is -0.119. The summed E-state index contributed by atoms with van der Waals surface area (Å²) in [5, 5.41) is 12.7. The van der Waals surface area contributed by atoms with Crippen LogP contribution < -0.4 is 5.32 Å². The average molecular weight is 268 g/mol. The number of nitrogens with one attached hydrogen (secondary N) is 1. The van der Waals surface area contributed by atoms with Gasteiger partial charge in [0.05, 0.1) is 11.4 Å². The molecule has 0 radical (unpaired) electrons. The summed E-state index contributed by atoms with van der Waals surface area (Å²) in [5.74, 6) is 0.292. The van der Waals surface area contributed by atoms with E-state index in [1.165, 1.54) is 11.8 Å². The highest BCUT2D eigenvalue weighted by Gasteiger charge is 2.19. The van der Waals surface area contributed by atoms with Crippen molar-refractivity contribution in [3.63, 3.8) is 0 Å². The van der Waals surface area contributed by atoms with Gasteiger partial charge in [-0.1, -0.05) is 13.3 Å². The fourth-order valence-electron chi connectivity index (χ4n) is 1.55. The van der Waals surface area contributed by atoms with Gasteiger partial charge in [0.2, 0.25) is 5.91 Å². The van der Waals surface area contributed by atoms with E-state index < -0.39 is 5.60 Å². The first-order valence-electron chi connectivity index (χ1n) is 6.05. The number of rotatable bonds is 7. The molecular weight excluding hydrogens is 248 g/mol. The first-order chi connectivity index (χ1) is 8.53. The molecule has 1 unspecified atom stereocenters. The molecule has 0 saturated carbocycles. The number of carbonyl (C=O) groups excluding carboxylic acids is 1. The fraction of sp³-hybridized carbons (Fsp3) is 0.538. The van der Waals surface area contributed by atoms with Gasteiger partial charge in [-0.2, -0.15) is 0 Å². The summed E-state index contributed by atoms with van der Waals surface area (Å²) >= 11 is 1.46. The highest BCUT2D eigenvalue weighted by atomic mass is 32.2. The fourth-order valence-corrected chi connectivity index (χ4v) is 2.26. The van der Waals surface area contributed by atoms with Crippen LogP contribution in [0, 0.1) is 0 Å². The number of carbonyl (C=O) groups is 1. The molecule has 1 amide bonds. The predicted octanol–water partition coefficient (Wildman–Crippen LogP) is 1.84. The maximum Gasteiger partial charge on any atom is 0.230 e. The van der Waals surface area contributed by atoms with Crippen molar-refractivity contribution in [2.24, 2.45) is 0 Å². The Morgan fingerprint density at radius 2 is 2.17 bits per heavy atom. The zero-order chi connectivity index (χ0) is 13.4. The minimum Gasteiger partial charge on any atom is -0.388 e. The summed E-state index contributed by atoms with van der Waals surface area (Å²) in [6, 6.07) is 3.73. The zero-order valence-electron chi connectivity index (χ0n) is 10.8. The summed E-state index contributed by atoms with van der Waals surface area (Å²) in [4.78, 5) is 16.5. The number of aromatic nitrogens is 1. The number of hydrogen-bond acceptors (Lipinski definition) is 4. The van der Waals surface area contributed by atoms with Gasteiger partial charge in [-0.3, -0.25) is 9.78 Å². The zero-order valence-corrected chi connectivity index (χ0v) is 11.7. The third-order valence-corrected chi connectivity index (χ3v) is 3.49. The van der Waals surface area contributed by atoms with Crippen LogP contribution in [0.1, 0.15) is 26.7 Å². The van der Waals surface area contributed by atoms with Gasteiger partial charge in [0.25, 0.3) is 0 Å². The molecule has 1 heterocycles. The third-order valence-electron chi connectivity index (χ3n) is 2.47. The molecule has 100 valence electrons. The van der Waals surface area contributed by atoms with Crippen LogP contribution in [0.4, 0.5) is 0 Å². The summed E-state index contributed by atoms with van der Waals surface area (Å²) in [7, 11) is 0. The maximum absolute atomic E-state index is 11.6. The van der Waals surface area contributed by atoms with Crippen molar-refractivity contribution < 1.29 is 9.90 Å². The van der Waals surface area contributed by atoms with E-state index in [2.05, 4.69) is 10.3 Å². The summed E-state index contributed by atoms with van der Waals surface area (Å²) in [6.07, 6.45) is 4.98. The van der Waals surface area contributed by atoms with E-state index in [1.807, 2.05) is 19.1 Å². The van der Waals surface area contributed by atoms with Crippen LogP contribution in [-0.4, -0.2) is 33.9 Å². The second-order valence-corrected chi connectivity index (χ2v) is 5.54. The molecule has 0 saturated heterocycles. The smallest absolute Gasteiger partial charge is 0.230 e. The number of thioether (sulfide) groups is 1. The molecule has 0 bridgehead atoms. The van der Waals surface area contributed by atoms with Gasteiger partial charge in [0.15, 0.2) is 0 Å². The Labute approximate surface area is 112 Å². The summed E-state index contributed by atoms with van der Waals surface area (Å²) < 4.78 is 0. The molecule has 4 nitrogen and oxygen atoms in total. The van der Waals surface area contributed by atoms with E-state index in [1.54, 1.807) is 19.3 Å². The molecule has 0 fully saturated rings. The maximum atomic E-state index is 11.6. The molecule has 0 aliphatic heterocycles. The lowest BCUT2D eigenvalue weighted by Gasteiger charge is -2.22. The second kappa shape index (κ2) is 7.38. The number of hydrogen-bond donors (Lipinski definition) is 2. The van der Waals surface area contributed by atoms with Crippen LogP contribution >= 0.6 is 11.8 Å². The van der Waals surface area contributed by atoms with E-state index in [0.29, 0.717) is 18.7 Å². The number of nitrogens with zero attached hydrogens (tertiary/aromatic N) is 1. The molecule has 1 aromatic heterocycles. The monoisotopic (exact) mass is 268 g/mol. The van der Waals surface area contributed by atoms with Gasteiger partial charge in [-0.25, -0.2) is 0 Å². The van der Waals surface area contributed by atoms with Gasteiger partial charge in [-0.15, -0.1) is 11.8 Å². The standard InChI is InChI=1S/C13H20N2O2S/c1-3-6-13(2,17)10-15-12(16)9-18-11-4-7-14-8-5-11/h4-5,7-8,17H,3,6,9-10H2,1-2H3,(H,15,16). The van der Waals surface area contributed by atoms with Crippen LogP contribution in [0.3, 0.4) is 0 Å². The average Bonchev–Trinajstić information content (AvgIpc) is 2.35. The third kappa shape index (κ3) is 6.02. The van der Waals surface area contributed by atoms with E-state index in [9.17, 15) is 9.90 Å². The van der Waals surface area contributed by atoms with Crippen molar-refractivity contribution in [2.45, 2.75) is 37.2 Å². The Morgan fingerprint density at radius 3 is 2.78 bits per heavy atom. The van der Waals surface area contributed by atoms with Crippen molar-refractivity contribution >= 4 is 17.7 Å². The molecule has 0 aliphatic carbocycles. The Morgan fingerprint density at radius 1 is 1.50 bits per heavy atom. The van der Waals surface area contributed by atoms with Gasteiger partial charge < -0.3 is 10.4 Å². The molecule has 1 rings (SSSR count). The quantitative estimate of drug-likeness (QED) is 0.741. The molecule has 0 aliphatic rings. The van der Waals surface area contributed by atoms with Crippen molar-refractivity contribution in [1.29, 1.82) is 0 Å². The van der Waals surface area contributed by atoms with Crippen molar-refractivity contribution in [1.82, 2.24) is 10.3 Å². The Hall–Kier alpha value is -1.07. The lowest BCUT2D eigenvalue weighted by atomic mass is 10.0. The Bertz CT molecular complexity index is 369. The summed E-state index contributed by atoms with van der Waals surface area (Å²) in [5.41, 5.74) is -0.814. The van der Waals surface area contributed by atoms with Gasteiger partial charge in [0.1, 0.15) is 0 Å². The molecule has 0 aromatic carbocycles. The van der Waals surface area contributed by atoms with Crippen LogP contribution in [-0.2, 0) is 4.79 Å². The molecular formula is C13H20N2O2S. The van der Waals surface area contributed by atoms with E-state index >= 15 is 0 Å². The number of amides is 1. The number of aliphatic hydroxyl groups is 1. The Balaban J connectivity index is 2.26. The molecule has 18 heavy (non-hydrogen) atoms. The number of pyridine rings is 1. The Kier molecular flexibility index (Phi) is 6.15. The second-order valence-electron chi connectivity index (χ2n) is 4.50. The van der Waals surface area contributed by atoms with Gasteiger partial charge >= 0.3 is 0 Å². The van der Waals surface area contributed by atoms with E-state index in [0.717, 1.165) is 11.3 Å². The van der Waals surface area contributed by atoms with Gasteiger partial charge in [-0.05, 0) is 25.5 Å². The lowest BCUT2D eigenvalue weighted by Crippen LogP contribution is -2.41.